The molecule has 0 amide bonds. The van der Waals surface area contributed by atoms with Crippen LogP contribution in [0.15, 0.2) is 4.99 Å². The van der Waals surface area contributed by atoms with Gasteiger partial charge in [0.2, 0.25) is 0 Å². The number of hydrogen-bond acceptors (Lipinski definition) is 1. The fourth-order valence-corrected chi connectivity index (χ4v) is 1.81. The van der Waals surface area contributed by atoms with Gasteiger partial charge in [0, 0.05) is 19.1 Å². The van der Waals surface area contributed by atoms with Crippen LogP contribution in [0.3, 0.4) is 0 Å². The van der Waals surface area contributed by atoms with E-state index in [-0.39, 0.29) is 0 Å². The van der Waals surface area contributed by atoms with E-state index >= 15 is 0 Å². The molecule has 1 rings (SSSR count). The van der Waals surface area contributed by atoms with Crippen LogP contribution in [0, 0.1) is 0 Å². The van der Waals surface area contributed by atoms with Crippen LogP contribution in [0.5, 0.6) is 0 Å². The Morgan fingerprint density at radius 3 is 2.92 bits per heavy atom. The monoisotopic (exact) mass is 169 g/mol. The Kier molecular flexibility index (Phi) is 3.38. The van der Waals surface area contributed by atoms with E-state index in [1.165, 1.54) is 19.3 Å². The fourth-order valence-electron chi connectivity index (χ4n) is 1.81. The second-order valence-corrected chi connectivity index (χ2v) is 3.23. The molecule has 1 heterocycles. The minimum atomic E-state index is 0.639. The number of hydrogen-bond donors (Lipinski definition) is 1. The van der Waals surface area contributed by atoms with E-state index in [2.05, 4.69) is 16.8 Å². The van der Waals surface area contributed by atoms with Crippen molar-refractivity contribution >= 4 is 5.96 Å². The number of nitrogens with zero attached hydrogens (tertiary/aromatic N) is 2. The van der Waals surface area contributed by atoms with Crippen molar-refractivity contribution in [2.75, 3.05) is 13.1 Å². The highest BCUT2D eigenvalue weighted by atomic mass is 15.3. The Morgan fingerprint density at radius 1 is 1.58 bits per heavy atom. The number of aliphatic imine (C=N–C) groups is 1. The summed E-state index contributed by atoms with van der Waals surface area (Å²) in [6, 6.07) is 0.639. The van der Waals surface area contributed by atoms with Crippen LogP contribution in [0.4, 0.5) is 0 Å². The van der Waals surface area contributed by atoms with Crippen LogP contribution in [-0.4, -0.2) is 30.0 Å². The molecule has 3 heteroatoms. The Labute approximate surface area is 74.6 Å². The smallest absolute Gasteiger partial charge is 0.191 e. The molecule has 1 unspecified atom stereocenters. The standard InChI is InChI=1S/C9H19N3/c1-3-8-6-5-7-12(8)9(10)11-4-2/h8H,3-7H2,1-2H3,(H2,10,11). The number of guanidine groups is 1. The molecule has 1 saturated heterocycles. The maximum absolute atomic E-state index is 5.83. The van der Waals surface area contributed by atoms with Gasteiger partial charge in [-0.15, -0.1) is 0 Å². The van der Waals surface area contributed by atoms with Crippen molar-refractivity contribution in [1.29, 1.82) is 0 Å². The third kappa shape index (κ3) is 1.90. The van der Waals surface area contributed by atoms with Crippen molar-refractivity contribution in [2.24, 2.45) is 10.7 Å². The van der Waals surface area contributed by atoms with Gasteiger partial charge in [-0.2, -0.15) is 0 Å². The van der Waals surface area contributed by atoms with Crippen molar-refractivity contribution in [3.63, 3.8) is 0 Å². The summed E-state index contributed by atoms with van der Waals surface area (Å²) in [4.78, 5) is 6.46. The Morgan fingerprint density at radius 2 is 2.33 bits per heavy atom. The Balaban J connectivity index is 2.55. The summed E-state index contributed by atoms with van der Waals surface area (Å²) >= 11 is 0. The third-order valence-corrected chi connectivity index (χ3v) is 2.46. The predicted molar refractivity (Wildman–Crippen MR) is 52.2 cm³/mol. The third-order valence-electron chi connectivity index (χ3n) is 2.46. The van der Waals surface area contributed by atoms with Crippen molar-refractivity contribution in [3.8, 4) is 0 Å². The zero-order valence-electron chi connectivity index (χ0n) is 8.08. The van der Waals surface area contributed by atoms with E-state index in [1.54, 1.807) is 0 Å². The average molecular weight is 169 g/mol. The molecule has 70 valence electrons. The minimum Gasteiger partial charge on any atom is -0.370 e. The average Bonchev–Trinajstić information content (AvgIpc) is 2.51. The SMILES string of the molecule is CCN=C(N)N1CCCC1CC. The van der Waals surface area contributed by atoms with Crippen molar-refractivity contribution in [2.45, 2.75) is 39.2 Å². The van der Waals surface area contributed by atoms with E-state index in [9.17, 15) is 0 Å². The van der Waals surface area contributed by atoms with Crippen LogP contribution in [0.25, 0.3) is 0 Å². The van der Waals surface area contributed by atoms with Gasteiger partial charge in [0.1, 0.15) is 0 Å². The molecule has 0 spiro atoms. The van der Waals surface area contributed by atoms with E-state index < -0.39 is 0 Å². The molecule has 0 bridgehead atoms. The molecule has 12 heavy (non-hydrogen) atoms. The molecule has 0 aromatic rings. The zero-order valence-corrected chi connectivity index (χ0v) is 8.08. The summed E-state index contributed by atoms with van der Waals surface area (Å²) in [5.74, 6) is 0.738. The molecule has 1 aliphatic rings. The molecule has 1 aliphatic heterocycles. The van der Waals surface area contributed by atoms with E-state index in [1.807, 2.05) is 6.92 Å². The highest BCUT2D eigenvalue weighted by molar-refractivity contribution is 5.78. The lowest BCUT2D eigenvalue weighted by Gasteiger charge is -2.24. The number of rotatable bonds is 2. The molecule has 0 saturated carbocycles. The molecular weight excluding hydrogens is 150 g/mol. The van der Waals surface area contributed by atoms with Crippen molar-refractivity contribution < 1.29 is 0 Å². The lowest BCUT2D eigenvalue weighted by molar-refractivity contribution is 0.374. The molecule has 0 aliphatic carbocycles. The number of nitrogens with two attached hydrogens (primary N) is 1. The first-order valence-corrected chi connectivity index (χ1v) is 4.86. The lowest BCUT2D eigenvalue weighted by Crippen LogP contribution is -2.40. The second-order valence-electron chi connectivity index (χ2n) is 3.23. The van der Waals surface area contributed by atoms with Crippen molar-refractivity contribution in [1.82, 2.24) is 4.90 Å². The summed E-state index contributed by atoms with van der Waals surface area (Å²) in [7, 11) is 0. The van der Waals surface area contributed by atoms with Crippen LogP contribution >= 0.6 is 0 Å². The van der Waals surface area contributed by atoms with Gasteiger partial charge in [0.15, 0.2) is 5.96 Å². The van der Waals surface area contributed by atoms with Gasteiger partial charge in [-0.3, -0.25) is 4.99 Å². The summed E-state index contributed by atoms with van der Waals surface area (Å²) in [5.41, 5.74) is 5.83. The largest absolute Gasteiger partial charge is 0.370 e. The fraction of sp³-hybridized carbons (Fsp3) is 0.889. The van der Waals surface area contributed by atoms with Crippen LogP contribution < -0.4 is 5.73 Å². The van der Waals surface area contributed by atoms with E-state index in [0.29, 0.717) is 6.04 Å². The van der Waals surface area contributed by atoms with Crippen molar-refractivity contribution in [3.05, 3.63) is 0 Å². The second kappa shape index (κ2) is 4.33. The van der Waals surface area contributed by atoms with Gasteiger partial charge in [0.05, 0.1) is 0 Å². The van der Waals surface area contributed by atoms with Crippen LogP contribution in [0.2, 0.25) is 0 Å². The number of likely N-dealkylation sites (tertiary alicyclic amines) is 1. The van der Waals surface area contributed by atoms with Gasteiger partial charge in [-0.1, -0.05) is 6.92 Å². The molecule has 3 nitrogen and oxygen atoms in total. The molecule has 0 aromatic heterocycles. The minimum absolute atomic E-state index is 0.639. The van der Waals surface area contributed by atoms with E-state index in [4.69, 9.17) is 5.73 Å². The molecule has 2 N–H and O–H groups in total. The summed E-state index contributed by atoms with van der Waals surface area (Å²) in [6.45, 7) is 6.11. The van der Waals surface area contributed by atoms with Gasteiger partial charge in [-0.05, 0) is 26.2 Å². The topological polar surface area (TPSA) is 41.6 Å². The van der Waals surface area contributed by atoms with Gasteiger partial charge < -0.3 is 10.6 Å². The quantitative estimate of drug-likeness (QED) is 0.498. The molecule has 1 atom stereocenters. The molecule has 1 fully saturated rings. The maximum Gasteiger partial charge on any atom is 0.191 e. The van der Waals surface area contributed by atoms with E-state index in [0.717, 1.165) is 19.0 Å². The highest BCUT2D eigenvalue weighted by Crippen LogP contribution is 2.18. The molecular formula is C9H19N3. The first kappa shape index (κ1) is 9.36. The summed E-state index contributed by atoms with van der Waals surface area (Å²) < 4.78 is 0. The summed E-state index contributed by atoms with van der Waals surface area (Å²) in [5, 5.41) is 0. The first-order chi connectivity index (χ1) is 5.79. The Hall–Kier alpha value is -0.730. The maximum atomic E-state index is 5.83. The van der Waals surface area contributed by atoms with Gasteiger partial charge >= 0.3 is 0 Å². The Bertz CT molecular complexity index is 165. The summed E-state index contributed by atoms with van der Waals surface area (Å²) in [6.07, 6.45) is 3.72. The highest BCUT2D eigenvalue weighted by Gasteiger charge is 2.23. The van der Waals surface area contributed by atoms with Gasteiger partial charge in [-0.25, -0.2) is 0 Å². The lowest BCUT2D eigenvalue weighted by atomic mass is 10.2. The van der Waals surface area contributed by atoms with Crippen LogP contribution in [-0.2, 0) is 0 Å². The van der Waals surface area contributed by atoms with Crippen LogP contribution in [0.1, 0.15) is 33.1 Å². The van der Waals surface area contributed by atoms with Gasteiger partial charge in [0.25, 0.3) is 0 Å². The zero-order chi connectivity index (χ0) is 8.97. The first-order valence-electron chi connectivity index (χ1n) is 4.86. The molecule has 0 aromatic carbocycles. The normalized spacial score (nSPS) is 25.0. The predicted octanol–water partition coefficient (Wildman–Crippen LogP) is 1.20. The molecule has 0 radical (unpaired) electrons.